The topological polar surface area (TPSA) is 95.3 Å². The average Bonchev–Trinajstić information content (AvgIpc) is 3.58. The summed E-state index contributed by atoms with van der Waals surface area (Å²) in [5, 5.41) is 7.27. The highest BCUT2D eigenvalue weighted by Crippen LogP contribution is 2.33. The third kappa shape index (κ3) is 5.46. The first-order valence-electron chi connectivity index (χ1n) is 10.9. The Bertz CT molecular complexity index is 1010. The molecule has 2 aromatic rings. The van der Waals surface area contributed by atoms with E-state index in [2.05, 4.69) is 27.5 Å². The molecule has 8 heteroatoms. The van der Waals surface area contributed by atoms with Gasteiger partial charge in [-0.2, -0.15) is 0 Å². The van der Waals surface area contributed by atoms with Crippen molar-refractivity contribution in [1.29, 1.82) is 0 Å². The van der Waals surface area contributed by atoms with E-state index in [9.17, 15) is 9.18 Å². The predicted molar refractivity (Wildman–Crippen MR) is 124 cm³/mol. The van der Waals surface area contributed by atoms with Gasteiger partial charge in [0.25, 0.3) is 5.56 Å². The van der Waals surface area contributed by atoms with E-state index >= 15 is 0 Å². The molecule has 31 heavy (non-hydrogen) atoms. The maximum absolute atomic E-state index is 13.7. The Morgan fingerprint density at radius 3 is 2.58 bits per heavy atom. The minimum atomic E-state index is -0.586. The van der Waals surface area contributed by atoms with E-state index in [0.717, 1.165) is 31.6 Å². The normalized spacial score (nSPS) is 22.9. The Morgan fingerprint density at radius 1 is 1.19 bits per heavy atom. The third-order valence-corrected chi connectivity index (χ3v) is 6.59. The maximum atomic E-state index is 13.7. The molecule has 0 spiro atoms. The zero-order valence-electron chi connectivity index (χ0n) is 17.6. The van der Waals surface area contributed by atoms with Crippen LogP contribution in [0, 0.1) is 11.7 Å². The average molecular weight is 446 g/mol. The number of hydrogen-bond donors (Lipinski definition) is 4. The molecule has 0 radical (unpaired) electrons. The van der Waals surface area contributed by atoms with Gasteiger partial charge in [-0.3, -0.25) is 4.79 Å². The summed E-state index contributed by atoms with van der Waals surface area (Å²) >= 11 is 5.73. The summed E-state index contributed by atoms with van der Waals surface area (Å²) in [5.41, 5.74) is 7.02. The summed E-state index contributed by atoms with van der Waals surface area (Å²) in [5.74, 6) is 0.294. The van der Waals surface area contributed by atoms with E-state index in [0.29, 0.717) is 23.5 Å². The lowest BCUT2D eigenvalue weighted by Gasteiger charge is -2.32. The van der Waals surface area contributed by atoms with Gasteiger partial charge in [0.15, 0.2) is 0 Å². The lowest BCUT2D eigenvalue weighted by atomic mass is 9.90. The van der Waals surface area contributed by atoms with Gasteiger partial charge in [0, 0.05) is 30.4 Å². The third-order valence-electron chi connectivity index (χ3n) is 6.28. The van der Waals surface area contributed by atoms with Crippen molar-refractivity contribution < 1.29 is 4.39 Å². The second-order valence-corrected chi connectivity index (χ2v) is 9.08. The summed E-state index contributed by atoms with van der Waals surface area (Å²) in [7, 11) is 0. The molecular formula is C23H29ClFN5O. The molecule has 5 N–H and O–H groups in total. The number of anilines is 1. The van der Waals surface area contributed by atoms with Crippen molar-refractivity contribution >= 4 is 28.8 Å². The van der Waals surface area contributed by atoms with Crippen LogP contribution in [0.3, 0.4) is 0 Å². The zero-order chi connectivity index (χ0) is 22.0. The smallest absolute Gasteiger partial charge is 0.261 e. The Hall–Kier alpha value is -2.38. The molecule has 166 valence electrons. The maximum Gasteiger partial charge on any atom is 0.261 e. The van der Waals surface area contributed by atoms with E-state index in [1.165, 1.54) is 25.0 Å². The Morgan fingerprint density at radius 2 is 1.90 bits per heavy atom. The van der Waals surface area contributed by atoms with Crippen LogP contribution in [0.25, 0.3) is 0 Å². The van der Waals surface area contributed by atoms with E-state index in [1.807, 2.05) is 0 Å². The van der Waals surface area contributed by atoms with Crippen LogP contribution in [0.1, 0.15) is 51.0 Å². The summed E-state index contributed by atoms with van der Waals surface area (Å²) in [6.45, 7) is 2.29. The van der Waals surface area contributed by atoms with E-state index < -0.39 is 5.82 Å². The number of nitrogens with zero attached hydrogens (tertiary/aromatic N) is 1. The van der Waals surface area contributed by atoms with Gasteiger partial charge < -0.3 is 21.4 Å². The number of nitrogens with one attached hydrogen (secondary N) is 3. The molecule has 0 aliphatic heterocycles. The summed E-state index contributed by atoms with van der Waals surface area (Å²) in [6, 6.07) is 7.36. The molecule has 6 nitrogen and oxygen atoms in total. The Labute approximate surface area is 186 Å². The van der Waals surface area contributed by atoms with Crippen LogP contribution in [0.2, 0.25) is 5.02 Å². The van der Waals surface area contributed by atoms with Crippen LogP contribution in [0.4, 0.5) is 15.8 Å². The molecule has 4 rings (SSSR count). The number of nitrogens with two attached hydrogens (primary N) is 1. The van der Waals surface area contributed by atoms with Gasteiger partial charge in [-0.05, 0) is 69.6 Å². The largest absolute Gasteiger partial charge is 0.383 e. The molecule has 2 aliphatic carbocycles. The van der Waals surface area contributed by atoms with Gasteiger partial charge in [0.2, 0.25) is 0 Å². The van der Waals surface area contributed by atoms with E-state index in [4.69, 9.17) is 17.3 Å². The van der Waals surface area contributed by atoms with Crippen molar-refractivity contribution in [2.24, 2.45) is 16.6 Å². The molecule has 1 unspecified atom stereocenters. The van der Waals surface area contributed by atoms with Gasteiger partial charge in [-0.15, -0.1) is 0 Å². The Kier molecular flexibility index (Phi) is 6.62. The van der Waals surface area contributed by atoms with Gasteiger partial charge >= 0.3 is 0 Å². The van der Waals surface area contributed by atoms with Gasteiger partial charge in [0.1, 0.15) is 17.2 Å². The fourth-order valence-electron chi connectivity index (χ4n) is 4.33. The number of aromatic nitrogens is 1. The highest BCUT2D eigenvalue weighted by atomic mass is 35.5. The lowest BCUT2D eigenvalue weighted by molar-refractivity contribution is 0.317. The van der Waals surface area contributed by atoms with Crippen LogP contribution in [0.5, 0.6) is 0 Å². The van der Waals surface area contributed by atoms with Crippen molar-refractivity contribution in [3.05, 3.63) is 57.2 Å². The fraction of sp³-hybridized carbons (Fsp3) is 0.478. The van der Waals surface area contributed by atoms with E-state index in [1.54, 1.807) is 18.3 Å². The number of hydrogen-bond acceptors (Lipinski definition) is 4. The molecule has 1 aromatic carbocycles. The second-order valence-electron chi connectivity index (χ2n) is 8.68. The highest BCUT2D eigenvalue weighted by Gasteiger charge is 2.30. The van der Waals surface area contributed by atoms with Gasteiger partial charge in [-0.1, -0.05) is 11.6 Å². The Balaban J connectivity index is 1.45. The monoisotopic (exact) mass is 445 g/mol. The number of benzene rings is 1. The number of amidine groups is 1. The first-order chi connectivity index (χ1) is 14.9. The van der Waals surface area contributed by atoms with Crippen LogP contribution in [-0.2, 0) is 0 Å². The van der Waals surface area contributed by atoms with Gasteiger partial charge in [-0.25, -0.2) is 9.38 Å². The van der Waals surface area contributed by atoms with Crippen molar-refractivity contribution in [2.75, 3.05) is 5.32 Å². The number of H-pyrrole nitrogens is 1. The highest BCUT2D eigenvalue weighted by molar-refractivity contribution is 6.30. The fourth-order valence-corrected chi connectivity index (χ4v) is 4.45. The standard InChI is InChI=1S/C23H29ClFN5O/c1-13(14-2-3-14)28-15-4-6-16(7-5-15)29-20-10-11-27-23(31)21(20)22(26)30-17-8-9-18(24)19(25)12-17/h8-16,28H,2-7H2,1H3,(H2,26,30)(H2,27,29,31). The molecule has 1 atom stereocenters. The molecule has 0 saturated heterocycles. The number of halogens is 2. The predicted octanol–water partition coefficient (Wildman–Crippen LogP) is 4.32. The number of aromatic amines is 1. The zero-order valence-corrected chi connectivity index (χ0v) is 18.4. The minimum absolute atomic E-state index is 0.00838. The SMILES string of the molecule is CC(NC1CCC(Nc2cc[nH]c(=O)c2C(N)=Nc2ccc(Cl)c(F)c2)CC1)C1CC1. The molecule has 1 heterocycles. The molecule has 1 aromatic heterocycles. The number of pyridine rings is 1. The quantitative estimate of drug-likeness (QED) is 0.377. The second kappa shape index (κ2) is 9.40. The molecule has 0 bridgehead atoms. The lowest BCUT2D eigenvalue weighted by Crippen LogP contribution is -2.42. The van der Waals surface area contributed by atoms with Crippen molar-refractivity contribution in [1.82, 2.24) is 10.3 Å². The number of aliphatic imine (C=N–C) groups is 1. The summed E-state index contributed by atoms with van der Waals surface area (Å²) < 4.78 is 13.7. The van der Waals surface area contributed by atoms with E-state index in [-0.39, 0.29) is 28.0 Å². The minimum Gasteiger partial charge on any atom is -0.383 e. The van der Waals surface area contributed by atoms with Crippen LogP contribution in [-0.4, -0.2) is 28.9 Å². The van der Waals surface area contributed by atoms with Crippen LogP contribution >= 0.6 is 11.6 Å². The molecule has 2 fully saturated rings. The van der Waals surface area contributed by atoms with Crippen molar-refractivity contribution in [3.8, 4) is 0 Å². The first kappa shape index (κ1) is 21.8. The molecule has 2 aliphatic rings. The summed E-state index contributed by atoms with van der Waals surface area (Å²) in [4.78, 5) is 19.4. The van der Waals surface area contributed by atoms with Crippen molar-refractivity contribution in [2.45, 2.75) is 63.6 Å². The van der Waals surface area contributed by atoms with Crippen LogP contribution in [0.15, 0.2) is 40.2 Å². The van der Waals surface area contributed by atoms with Crippen LogP contribution < -0.4 is 21.9 Å². The number of rotatable bonds is 7. The van der Waals surface area contributed by atoms with Crippen molar-refractivity contribution in [3.63, 3.8) is 0 Å². The van der Waals surface area contributed by atoms with Gasteiger partial charge in [0.05, 0.1) is 16.4 Å². The molecular weight excluding hydrogens is 417 g/mol. The first-order valence-corrected chi connectivity index (χ1v) is 11.3. The molecule has 0 amide bonds. The summed E-state index contributed by atoms with van der Waals surface area (Å²) in [6.07, 6.45) is 8.52. The molecule has 2 saturated carbocycles.